The second-order valence-electron chi connectivity index (χ2n) is 5.93. The Morgan fingerprint density at radius 2 is 2.13 bits per heavy atom. The lowest BCUT2D eigenvalue weighted by atomic mass is 10.1. The monoisotopic (exact) mass is 328 g/mol. The number of aliphatic hydroxyl groups is 1. The molecule has 1 amide bonds. The summed E-state index contributed by atoms with van der Waals surface area (Å²) < 4.78 is 0. The molecule has 0 saturated carbocycles. The minimum absolute atomic E-state index is 0.0121. The Balaban J connectivity index is 1.59. The summed E-state index contributed by atoms with van der Waals surface area (Å²) in [5.74, 6) is -0.00234. The van der Waals surface area contributed by atoms with Gasteiger partial charge in [0.2, 0.25) is 0 Å². The van der Waals surface area contributed by atoms with Crippen LogP contribution >= 0.6 is 11.3 Å². The highest BCUT2D eigenvalue weighted by atomic mass is 32.1. The van der Waals surface area contributed by atoms with Gasteiger partial charge in [0, 0.05) is 30.4 Å². The summed E-state index contributed by atoms with van der Waals surface area (Å²) in [6.45, 7) is 2.19. The van der Waals surface area contributed by atoms with Gasteiger partial charge in [-0.2, -0.15) is 0 Å². The van der Waals surface area contributed by atoms with Crippen molar-refractivity contribution >= 4 is 17.2 Å². The van der Waals surface area contributed by atoms with Crippen LogP contribution in [0.4, 0.5) is 0 Å². The van der Waals surface area contributed by atoms with Crippen molar-refractivity contribution in [3.8, 4) is 0 Å². The van der Waals surface area contributed by atoms with Gasteiger partial charge in [0.1, 0.15) is 5.69 Å². The van der Waals surface area contributed by atoms with E-state index >= 15 is 0 Å². The van der Waals surface area contributed by atoms with Crippen LogP contribution in [0.2, 0.25) is 0 Å². The maximum absolute atomic E-state index is 12.2. The van der Waals surface area contributed by atoms with E-state index in [4.69, 9.17) is 5.11 Å². The molecule has 4 nitrogen and oxygen atoms in total. The maximum Gasteiger partial charge on any atom is 0.271 e. The molecular formula is C18H20N2O2S. The molecule has 3 rings (SSSR count). The van der Waals surface area contributed by atoms with Crippen molar-refractivity contribution < 1.29 is 9.90 Å². The molecule has 120 valence electrons. The van der Waals surface area contributed by atoms with Crippen LogP contribution in [-0.2, 0) is 6.42 Å². The van der Waals surface area contributed by atoms with E-state index in [0.717, 1.165) is 17.8 Å². The molecule has 23 heavy (non-hydrogen) atoms. The number of hydrogen-bond acceptors (Lipinski definition) is 4. The van der Waals surface area contributed by atoms with Gasteiger partial charge in [0.05, 0.1) is 5.01 Å². The first-order chi connectivity index (χ1) is 11.1. The number of amides is 1. The summed E-state index contributed by atoms with van der Waals surface area (Å²) >= 11 is 1.51. The van der Waals surface area contributed by atoms with Crippen LogP contribution in [0.1, 0.15) is 33.0 Å². The van der Waals surface area contributed by atoms with Gasteiger partial charge in [-0.1, -0.05) is 42.0 Å². The topological polar surface area (TPSA) is 62.2 Å². The van der Waals surface area contributed by atoms with Crippen molar-refractivity contribution in [2.75, 3.05) is 6.61 Å². The first-order valence-corrected chi connectivity index (χ1v) is 8.62. The molecule has 2 N–H and O–H groups in total. The molecule has 0 fully saturated rings. The number of carbonyl (C=O) groups is 1. The van der Waals surface area contributed by atoms with E-state index in [0.29, 0.717) is 5.69 Å². The molecule has 0 unspecified atom stereocenters. The number of aliphatic hydroxyl groups excluding tert-OH is 1. The predicted molar refractivity (Wildman–Crippen MR) is 91.7 cm³/mol. The molecular weight excluding hydrogens is 308 g/mol. The minimum Gasteiger partial charge on any atom is -0.396 e. The third-order valence-electron chi connectivity index (χ3n) is 3.98. The van der Waals surface area contributed by atoms with E-state index in [1.54, 1.807) is 5.38 Å². The van der Waals surface area contributed by atoms with Gasteiger partial charge in [0.15, 0.2) is 0 Å². The van der Waals surface area contributed by atoms with Crippen molar-refractivity contribution in [2.45, 2.75) is 25.8 Å². The zero-order valence-corrected chi connectivity index (χ0v) is 13.8. The molecule has 1 aliphatic carbocycles. The zero-order valence-electron chi connectivity index (χ0n) is 13.0. The van der Waals surface area contributed by atoms with E-state index in [1.165, 1.54) is 22.5 Å². The first kappa shape index (κ1) is 15.9. The van der Waals surface area contributed by atoms with Gasteiger partial charge in [-0.25, -0.2) is 4.98 Å². The van der Waals surface area contributed by atoms with Crippen molar-refractivity contribution in [3.63, 3.8) is 0 Å². The fourth-order valence-electron chi connectivity index (χ4n) is 2.64. The van der Waals surface area contributed by atoms with Crippen LogP contribution in [0.5, 0.6) is 0 Å². The molecule has 1 aromatic carbocycles. The lowest BCUT2D eigenvalue weighted by molar-refractivity contribution is 0.0936. The fourth-order valence-corrected chi connectivity index (χ4v) is 3.44. The van der Waals surface area contributed by atoms with E-state index in [2.05, 4.69) is 41.5 Å². The van der Waals surface area contributed by atoms with Gasteiger partial charge in [-0.3, -0.25) is 4.79 Å². The largest absolute Gasteiger partial charge is 0.396 e. The van der Waals surface area contributed by atoms with E-state index in [-0.39, 0.29) is 24.5 Å². The third kappa shape index (κ3) is 4.06. The minimum atomic E-state index is -0.148. The SMILES string of the molecule is Cc1ccc(Cc2nc(C(=O)N[C@@H]3C=C[C@H](CO)C3)cs2)cc1. The number of benzene rings is 1. The van der Waals surface area contributed by atoms with Crippen LogP contribution in [0.25, 0.3) is 0 Å². The van der Waals surface area contributed by atoms with Crippen molar-refractivity contribution in [2.24, 2.45) is 5.92 Å². The Bertz CT molecular complexity index is 706. The molecule has 5 heteroatoms. The highest BCUT2D eigenvalue weighted by Crippen LogP contribution is 2.19. The summed E-state index contributed by atoms with van der Waals surface area (Å²) in [6, 6.07) is 8.34. The Morgan fingerprint density at radius 3 is 2.83 bits per heavy atom. The molecule has 0 bridgehead atoms. The summed E-state index contributed by atoms with van der Waals surface area (Å²) in [6.07, 6.45) is 5.39. The first-order valence-electron chi connectivity index (χ1n) is 7.74. The number of carbonyl (C=O) groups excluding carboxylic acids is 1. The lowest BCUT2D eigenvalue weighted by Crippen LogP contribution is -2.33. The Morgan fingerprint density at radius 1 is 1.35 bits per heavy atom. The molecule has 2 atom stereocenters. The molecule has 1 heterocycles. The number of aromatic nitrogens is 1. The zero-order chi connectivity index (χ0) is 16.2. The van der Waals surface area contributed by atoms with Crippen LogP contribution in [0, 0.1) is 12.8 Å². The summed E-state index contributed by atoms with van der Waals surface area (Å²) in [5.41, 5.74) is 2.90. The number of rotatable bonds is 5. The highest BCUT2D eigenvalue weighted by molar-refractivity contribution is 7.09. The Kier molecular flexibility index (Phi) is 4.88. The van der Waals surface area contributed by atoms with Crippen molar-refractivity contribution in [3.05, 3.63) is 63.6 Å². The van der Waals surface area contributed by atoms with E-state index in [9.17, 15) is 4.79 Å². The fraction of sp³-hybridized carbons (Fsp3) is 0.333. The standard InChI is InChI=1S/C18H20N2O2S/c1-12-2-4-13(5-3-12)9-17-20-16(11-23-17)18(22)19-15-7-6-14(8-15)10-21/h2-7,11,14-15,21H,8-10H2,1H3,(H,19,22)/t14-,15+/m0/s1. The second kappa shape index (κ2) is 7.06. The van der Waals surface area contributed by atoms with Crippen LogP contribution in [0.15, 0.2) is 41.8 Å². The van der Waals surface area contributed by atoms with E-state index in [1.807, 2.05) is 12.2 Å². The molecule has 1 aliphatic rings. The molecule has 0 saturated heterocycles. The molecule has 0 spiro atoms. The number of thiazole rings is 1. The van der Waals surface area contributed by atoms with Gasteiger partial charge < -0.3 is 10.4 Å². The molecule has 1 aromatic heterocycles. The van der Waals surface area contributed by atoms with Gasteiger partial charge in [0.25, 0.3) is 5.91 Å². The van der Waals surface area contributed by atoms with E-state index < -0.39 is 0 Å². The van der Waals surface area contributed by atoms with Gasteiger partial charge in [-0.15, -0.1) is 11.3 Å². The van der Waals surface area contributed by atoms with Crippen molar-refractivity contribution in [1.29, 1.82) is 0 Å². The Labute approximate surface area is 139 Å². The normalized spacial score (nSPS) is 19.9. The number of nitrogens with zero attached hydrogens (tertiary/aromatic N) is 1. The number of hydrogen-bond donors (Lipinski definition) is 2. The Hall–Kier alpha value is -1.98. The summed E-state index contributed by atoms with van der Waals surface area (Å²) in [5, 5.41) is 14.8. The van der Waals surface area contributed by atoms with Crippen LogP contribution < -0.4 is 5.32 Å². The van der Waals surface area contributed by atoms with Gasteiger partial charge in [-0.05, 0) is 18.9 Å². The smallest absolute Gasteiger partial charge is 0.271 e. The highest BCUT2D eigenvalue weighted by Gasteiger charge is 2.21. The summed E-state index contributed by atoms with van der Waals surface area (Å²) in [4.78, 5) is 16.7. The van der Waals surface area contributed by atoms with Gasteiger partial charge >= 0.3 is 0 Å². The quantitative estimate of drug-likeness (QED) is 0.830. The second-order valence-corrected chi connectivity index (χ2v) is 6.87. The van der Waals surface area contributed by atoms with Crippen LogP contribution in [-0.4, -0.2) is 28.6 Å². The summed E-state index contributed by atoms with van der Waals surface area (Å²) in [7, 11) is 0. The lowest BCUT2D eigenvalue weighted by Gasteiger charge is -2.11. The average Bonchev–Trinajstić information content (AvgIpc) is 3.19. The predicted octanol–water partition coefficient (Wildman–Crippen LogP) is 2.71. The third-order valence-corrected chi connectivity index (χ3v) is 4.83. The average molecular weight is 328 g/mol. The molecule has 2 aromatic rings. The molecule has 0 aliphatic heterocycles. The maximum atomic E-state index is 12.2. The number of aryl methyl sites for hydroxylation is 1. The molecule has 0 radical (unpaired) electrons. The number of nitrogens with one attached hydrogen (secondary N) is 1. The van der Waals surface area contributed by atoms with Crippen LogP contribution in [0.3, 0.4) is 0 Å². The van der Waals surface area contributed by atoms with Crippen molar-refractivity contribution in [1.82, 2.24) is 10.3 Å².